The van der Waals surface area contributed by atoms with Crippen LogP contribution in [0.5, 0.6) is 11.5 Å². The average molecular weight is 325 g/mol. The molecule has 0 radical (unpaired) electrons. The molecule has 2 aromatic carbocycles. The first-order valence-corrected chi connectivity index (χ1v) is 8.20. The first-order valence-electron chi connectivity index (χ1n) is 8.20. The van der Waals surface area contributed by atoms with Gasteiger partial charge in [0.1, 0.15) is 17.2 Å². The number of aliphatic imine (C=N–C) groups is 1. The van der Waals surface area contributed by atoms with Crippen molar-refractivity contribution in [2.45, 2.75) is 52.4 Å². The highest BCUT2D eigenvalue weighted by Crippen LogP contribution is 2.41. The van der Waals surface area contributed by atoms with Crippen LogP contribution in [0.25, 0.3) is 0 Å². The van der Waals surface area contributed by atoms with Crippen LogP contribution in [0.2, 0.25) is 0 Å². The molecule has 0 heterocycles. The topological polar surface area (TPSA) is 52.8 Å². The van der Waals surface area contributed by atoms with E-state index in [-0.39, 0.29) is 22.3 Å². The van der Waals surface area contributed by atoms with Gasteiger partial charge in [-0.3, -0.25) is 4.99 Å². The van der Waals surface area contributed by atoms with Crippen LogP contribution in [0.1, 0.15) is 58.2 Å². The molecule has 0 aromatic heterocycles. The lowest BCUT2D eigenvalue weighted by Gasteiger charge is -2.26. The predicted octanol–water partition coefficient (Wildman–Crippen LogP) is 5.44. The zero-order valence-electron chi connectivity index (χ0n) is 15.4. The van der Waals surface area contributed by atoms with Crippen molar-refractivity contribution in [3.05, 3.63) is 53.1 Å². The lowest BCUT2D eigenvalue weighted by molar-refractivity contribution is 0.446. The third-order valence-corrected chi connectivity index (χ3v) is 4.04. The molecule has 3 heteroatoms. The Morgan fingerprint density at radius 2 is 1.50 bits per heavy atom. The highest BCUT2D eigenvalue weighted by atomic mass is 16.3. The molecule has 0 fully saturated rings. The van der Waals surface area contributed by atoms with Crippen LogP contribution >= 0.6 is 0 Å². The Morgan fingerprint density at radius 1 is 0.875 bits per heavy atom. The monoisotopic (exact) mass is 325 g/mol. The summed E-state index contributed by atoms with van der Waals surface area (Å²) in [7, 11) is 0. The van der Waals surface area contributed by atoms with E-state index >= 15 is 0 Å². The van der Waals surface area contributed by atoms with Gasteiger partial charge in [-0.1, -0.05) is 59.7 Å². The molecule has 0 spiro atoms. The Hall–Kier alpha value is -2.29. The van der Waals surface area contributed by atoms with E-state index in [4.69, 9.17) is 0 Å². The van der Waals surface area contributed by atoms with Crippen molar-refractivity contribution in [1.82, 2.24) is 0 Å². The number of hydrogen-bond acceptors (Lipinski definition) is 3. The Kier molecular flexibility index (Phi) is 4.75. The second-order valence-corrected chi connectivity index (χ2v) is 8.21. The van der Waals surface area contributed by atoms with E-state index in [1.807, 2.05) is 12.1 Å². The maximum Gasteiger partial charge on any atom is 0.144 e. The number of aromatic hydroxyl groups is 2. The lowest BCUT2D eigenvalue weighted by Crippen LogP contribution is -2.16. The summed E-state index contributed by atoms with van der Waals surface area (Å²) in [4.78, 5) is 4.45. The first-order chi connectivity index (χ1) is 11.0. The van der Waals surface area contributed by atoms with Crippen molar-refractivity contribution >= 4 is 11.9 Å². The SMILES string of the molecule is CC(C)(C)c1cc(N=Cc2ccccc2O)c(O)c(C(C)(C)C)c1. The fourth-order valence-electron chi connectivity index (χ4n) is 2.46. The van der Waals surface area contributed by atoms with Crippen LogP contribution in [0.15, 0.2) is 41.4 Å². The van der Waals surface area contributed by atoms with Gasteiger partial charge in [0.05, 0.1) is 0 Å². The standard InChI is InChI=1S/C21H27NO2/c1-20(2,3)15-11-16(21(4,5)6)19(24)17(12-15)22-13-14-9-7-8-10-18(14)23/h7-13,23-24H,1-6H3. The van der Waals surface area contributed by atoms with Gasteiger partial charge >= 0.3 is 0 Å². The largest absolute Gasteiger partial charge is 0.507 e. The van der Waals surface area contributed by atoms with Gasteiger partial charge in [0.25, 0.3) is 0 Å². The molecule has 0 aliphatic rings. The number of phenols is 2. The molecule has 128 valence electrons. The molecule has 0 unspecified atom stereocenters. The van der Waals surface area contributed by atoms with E-state index in [9.17, 15) is 10.2 Å². The molecular formula is C21H27NO2. The second-order valence-electron chi connectivity index (χ2n) is 8.21. The van der Waals surface area contributed by atoms with E-state index in [1.54, 1.807) is 24.4 Å². The van der Waals surface area contributed by atoms with E-state index in [1.165, 1.54) is 0 Å². The van der Waals surface area contributed by atoms with Crippen molar-refractivity contribution in [2.24, 2.45) is 4.99 Å². The van der Waals surface area contributed by atoms with E-state index < -0.39 is 0 Å². The summed E-state index contributed by atoms with van der Waals surface area (Å²) in [6.07, 6.45) is 1.59. The molecule has 0 atom stereocenters. The zero-order chi connectivity index (χ0) is 18.1. The fourth-order valence-corrected chi connectivity index (χ4v) is 2.46. The highest BCUT2D eigenvalue weighted by molar-refractivity contribution is 5.86. The first kappa shape index (κ1) is 18.1. The molecule has 0 saturated heterocycles. The number of nitrogens with zero attached hydrogens (tertiary/aromatic N) is 1. The van der Waals surface area contributed by atoms with Gasteiger partial charge in [0, 0.05) is 17.3 Å². The Labute approximate surface area is 144 Å². The number of para-hydroxylation sites is 1. The molecule has 24 heavy (non-hydrogen) atoms. The molecule has 0 bridgehead atoms. The van der Waals surface area contributed by atoms with Crippen LogP contribution in [-0.2, 0) is 10.8 Å². The summed E-state index contributed by atoms with van der Waals surface area (Å²) in [5, 5.41) is 20.6. The van der Waals surface area contributed by atoms with Crippen LogP contribution < -0.4 is 0 Å². The van der Waals surface area contributed by atoms with Crippen molar-refractivity contribution in [3.8, 4) is 11.5 Å². The molecule has 0 aliphatic heterocycles. The fraction of sp³-hybridized carbons (Fsp3) is 0.381. The lowest BCUT2D eigenvalue weighted by atomic mass is 9.80. The maximum atomic E-state index is 10.7. The van der Waals surface area contributed by atoms with E-state index in [0.717, 1.165) is 11.1 Å². The van der Waals surface area contributed by atoms with Gasteiger partial charge in [-0.2, -0.15) is 0 Å². The predicted molar refractivity (Wildman–Crippen MR) is 101 cm³/mol. The van der Waals surface area contributed by atoms with Gasteiger partial charge in [-0.15, -0.1) is 0 Å². The second kappa shape index (κ2) is 6.31. The van der Waals surface area contributed by atoms with Crippen LogP contribution in [0.4, 0.5) is 5.69 Å². The molecular weight excluding hydrogens is 298 g/mol. The van der Waals surface area contributed by atoms with Crippen molar-refractivity contribution in [3.63, 3.8) is 0 Å². The minimum Gasteiger partial charge on any atom is -0.507 e. The summed E-state index contributed by atoms with van der Waals surface area (Å²) in [6, 6.07) is 11.0. The van der Waals surface area contributed by atoms with Gasteiger partial charge in [0.2, 0.25) is 0 Å². The summed E-state index contributed by atoms with van der Waals surface area (Å²) in [6.45, 7) is 12.6. The maximum absolute atomic E-state index is 10.7. The summed E-state index contributed by atoms with van der Waals surface area (Å²) >= 11 is 0. The smallest absolute Gasteiger partial charge is 0.144 e. The van der Waals surface area contributed by atoms with Crippen LogP contribution in [0, 0.1) is 0 Å². The Balaban J connectivity index is 2.59. The van der Waals surface area contributed by atoms with Crippen molar-refractivity contribution < 1.29 is 10.2 Å². The number of benzene rings is 2. The molecule has 0 aliphatic carbocycles. The molecule has 2 N–H and O–H groups in total. The van der Waals surface area contributed by atoms with E-state index in [2.05, 4.69) is 52.6 Å². The normalized spacial score (nSPS) is 12.8. The van der Waals surface area contributed by atoms with Gasteiger partial charge in [-0.25, -0.2) is 0 Å². The molecule has 3 nitrogen and oxygen atoms in total. The average Bonchev–Trinajstić information content (AvgIpc) is 2.45. The zero-order valence-corrected chi connectivity index (χ0v) is 15.4. The summed E-state index contributed by atoms with van der Waals surface area (Å²) in [5.74, 6) is 0.367. The number of rotatable bonds is 2. The molecule has 0 saturated carbocycles. The third kappa shape index (κ3) is 3.97. The Bertz CT molecular complexity index is 762. The summed E-state index contributed by atoms with van der Waals surface area (Å²) in [5.41, 5.74) is 2.90. The summed E-state index contributed by atoms with van der Waals surface area (Å²) < 4.78 is 0. The van der Waals surface area contributed by atoms with Gasteiger partial charge in [-0.05, 0) is 34.6 Å². The minimum atomic E-state index is -0.190. The van der Waals surface area contributed by atoms with Crippen molar-refractivity contribution in [2.75, 3.05) is 0 Å². The minimum absolute atomic E-state index is 0.0488. The highest BCUT2D eigenvalue weighted by Gasteiger charge is 2.24. The molecule has 2 rings (SSSR count). The van der Waals surface area contributed by atoms with Gasteiger partial charge < -0.3 is 10.2 Å². The molecule has 0 amide bonds. The number of hydrogen-bond donors (Lipinski definition) is 2. The van der Waals surface area contributed by atoms with Crippen molar-refractivity contribution in [1.29, 1.82) is 0 Å². The van der Waals surface area contributed by atoms with Crippen LogP contribution in [0.3, 0.4) is 0 Å². The molecule has 2 aromatic rings. The number of phenolic OH excluding ortho intramolecular Hbond substituents is 2. The van der Waals surface area contributed by atoms with Gasteiger partial charge in [0.15, 0.2) is 0 Å². The van der Waals surface area contributed by atoms with Crippen LogP contribution in [-0.4, -0.2) is 16.4 Å². The van der Waals surface area contributed by atoms with E-state index in [0.29, 0.717) is 11.3 Å². The third-order valence-electron chi connectivity index (χ3n) is 4.04. The quantitative estimate of drug-likeness (QED) is 0.722. The Morgan fingerprint density at radius 3 is 2.04 bits per heavy atom.